The first-order chi connectivity index (χ1) is 7.51. The van der Waals surface area contributed by atoms with E-state index in [1.807, 2.05) is 0 Å². The Balaban J connectivity index is 3.15. The van der Waals surface area contributed by atoms with Crippen molar-refractivity contribution < 1.29 is 13.2 Å². The number of alkyl halides is 1. The molecule has 90 valence electrons. The first kappa shape index (κ1) is 13.8. The van der Waals surface area contributed by atoms with Gasteiger partial charge in [-0.3, -0.25) is 0 Å². The van der Waals surface area contributed by atoms with E-state index < -0.39 is 9.84 Å². The number of methoxy groups -OCH3 is 1. The Morgan fingerprint density at radius 2 is 2.12 bits per heavy atom. The zero-order valence-corrected chi connectivity index (χ0v) is 11.9. The van der Waals surface area contributed by atoms with Crippen molar-refractivity contribution in [3.63, 3.8) is 0 Å². The van der Waals surface area contributed by atoms with Gasteiger partial charge in [-0.2, -0.15) is 0 Å². The van der Waals surface area contributed by atoms with E-state index in [1.165, 1.54) is 13.2 Å². The van der Waals surface area contributed by atoms with Gasteiger partial charge in [0, 0.05) is 10.4 Å². The fraction of sp³-hybridized carbons (Fsp3) is 0.400. The number of sulfone groups is 1. The fourth-order valence-electron chi connectivity index (χ4n) is 1.25. The predicted octanol–water partition coefficient (Wildman–Crippen LogP) is 2.91. The number of benzene rings is 1. The highest BCUT2D eigenvalue weighted by Crippen LogP contribution is 2.28. The maximum Gasteiger partial charge on any atom is 0.182 e. The third-order valence-electron chi connectivity index (χ3n) is 2.01. The Morgan fingerprint density at radius 3 is 2.69 bits per heavy atom. The minimum absolute atomic E-state index is 0.0783. The van der Waals surface area contributed by atoms with Crippen molar-refractivity contribution >= 4 is 37.4 Å². The average molecular weight is 328 g/mol. The zero-order chi connectivity index (χ0) is 12.2. The van der Waals surface area contributed by atoms with Gasteiger partial charge in [-0.25, -0.2) is 8.42 Å². The highest BCUT2D eigenvalue weighted by molar-refractivity contribution is 9.09. The Hall–Kier alpha value is -0.260. The smallest absolute Gasteiger partial charge is 0.182 e. The summed E-state index contributed by atoms with van der Waals surface area (Å²) in [6.45, 7) is 0. The van der Waals surface area contributed by atoms with E-state index in [4.69, 9.17) is 16.3 Å². The molecule has 0 unspecified atom stereocenters. The van der Waals surface area contributed by atoms with Crippen LogP contribution in [0.2, 0.25) is 5.02 Å². The molecule has 16 heavy (non-hydrogen) atoms. The predicted molar refractivity (Wildman–Crippen MR) is 68.5 cm³/mol. The fourth-order valence-corrected chi connectivity index (χ4v) is 3.65. The van der Waals surface area contributed by atoms with Crippen molar-refractivity contribution in [3.8, 4) is 5.75 Å². The molecule has 0 amide bonds. The summed E-state index contributed by atoms with van der Waals surface area (Å²) in [6, 6.07) is 4.58. The monoisotopic (exact) mass is 326 g/mol. The SMILES string of the molecule is COc1ccc(Cl)cc1S(=O)(=O)CCCBr. The van der Waals surface area contributed by atoms with Crippen molar-refractivity contribution in [2.45, 2.75) is 11.3 Å². The van der Waals surface area contributed by atoms with Crippen LogP contribution in [-0.2, 0) is 9.84 Å². The van der Waals surface area contributed by atoms with Gasteiger partial charge in [-0.05, 0) is 24.6 Å². The summed E-state index contributed by atoms with van der Waals surface area (Å²) in [6.07, 6.45) is 0.554. The van der Waals surface area contributed by atoms with Crippen molar-refractivity contribution in [2.75, 3.05) is 18.2 Å². The van der Waals surface area contributed by atoms with Gasteiger partial charge in [0.1, 0.15) is 10.6 Å². The van der Waals surface area contributed by atoms with Crippen LogP contribution < -0.4 is 4.74 Å². The number of hydrogen-bond acceptors (Lipinski definition) is 3. The highest BCUT2D eigenvalue weighted by Gasteiger charge is 2.19. The molecule has 0 N–H and O–H groups in total. The van der Waals surface area contributed by atoms with E-state index in [1.54, 1.807) is 12.1 Å². The molecule has 0 bridgehead atoms. The number of hydrogen-bond donors (Lipinski definition) is 0. The molecule has 0 atom stereocenters. The zero-order valence-electron chi connectivity index (χ0n) is 8.74. The summed E-state index contributed by atoms with van der Waals surface area (Å²) in [7, 11) is -1.89. The maximum atomic E-state index is 12.0. The van der Waals surface area contributed by atoms with Gasteiger partial charge in [0.15, 0.2) is 9.84 Å². The third-order valence-corrected chi connectivity index (χ3v) is 4.62. The summed E-state index contributed by atoms with van der Waals surface area (Å²) in [5.41, 5.74) is 0. The maximum absolute atomic E-state index is 12.0. The summed E-state index contributed by atoms with van der Waals surface area (Å²) in [5, 5.41) is 1.04. The first-order valence-corrected chi connectivity index (χ1v) is 7.78. The molecule has 3 nitrogen and oxygen atoms in total. The lowest BCUT2D eigenvalue weighted by Crippen LogP contribution is -2.08. The van der Waals surface area contributed by atoms with Gasteiger partial charge >= 0.3 is 0 Å². The number of rotatable bonds is 5. The molecule has 1 aromatic rings. The van der Waals surface area contributed by atoms with Gasteiger partial charge in [-0.1, -0.05) is 27.5 Å². The van der Waals surface area contributed by atoms with E-state index in [2.05, 4.69) is 15.9 Å². The Kier molecular flexibility index (Phi) is 5.08. The quantitative estimate of drug-likeness (QED) is 0.781. The minimum Gasteiger partial charge on any atom is -0.495 e. The van der Waals surface area contributed by atoms with Crippen LogP contribution in [-0.4, -0.2) is 26.6 Å². The molecular formula is C10H12BrClO3S. The van der Waals surface area contributed by atoms with Gasteiger partial charge in [0.05, 0.1) is 12.9 Å². The molecule has 0 saturated carbocycles. The molecule has 0 aliphatic rings. The molecule has 0 spiro atoms. The third kappa shape index (κ3) is 3.37. The lowest BCUT2D eigenvalue weighted by atomic mass is 10.3. The largest absolute Gasteiger partial charge is 0.495 e. The second kappa shape index (κ2) is 5.89. The molecule has 1 aromatic carbocycles. The second-order valence-corrected chi connectivity index (χ2v) is 6.46. The summed E-state index contributed by atoms with van der Waals surface area (Å²) < 4.78 is 28.9. The van der Waals surface area contributed by atoms with Crippen molar-refractivity contribution in [1.82, 2.24) is 0 Å². The standard InChI is InChI=1S/C10H12BrClO3S/c1-15-9-4-3-8(12)7-10(9)16(13,14)6-2-5-11/h3-4,7H,2,5-6H2,1H3. The Morgan fingerprint density at radius 1 is 1.44 bits per heavy atom. The van der Waals surface area contributed by atoms with Crippen LogP contribution >= 0.6 is 27.5 Å². The van der Waals surface area contributed by atoms with E-state index in [-0.39, 0.29) is 10.6 Å². The first-order valence-electron chi connectivity index (χ1n) is 4.63. The molecule has 0 heterocycles. The molecule has 0 saturated heterocycles. The van der Waals surface area contributed by atoms with Gasteiger partial charge in [-0.15, -0.1) is 0 Å². The van der Waals surface area contributed by atoms with E-state index >= 15 is 0 Å². The topological polar surface area (TPSA) is 43.4 Å². The molecule has 0 radical (unpaired) electrons. The van der Waals surface area contributed by atoms with Crippen LogP contribution in [0.15, 0.2) is 23.1 Å². The van der Waals surface area contributed by atoms with E-state index in [0.717, 1.165) is 0 Å². The Labute approximate surface area is 109 Å². The molecule has 0 aromatic heterocycles. The molecule has 0 aliphatic carbocycles. The number of halogens is 2. The highest BCUT2D eigenvalue weighted by atomic mass is 79.9. The van der Waals surface area contributed by atoms with E-state index in [0.29, 0.717) is 22.5 Å². The van der Waals surface area contributed by atoms with Crippen molar-refractivity contribution in [1.29, 1.82) is 0 Å². The lowest BCUT2D eigenvalue weighted by molar-refractivity contribution is 0.402. The normalized spacial score (nSPS) is 11.4. The van der Waals surface area contributed by atoms with Crippen molar-refractivity contribution in [3.05, 3.63) is 23.2 Å². The van der Waals surface area contributed by atoms with Crippen molar-refractivity contribution in [2.24, 2.45) is 0 Å². The second-order valence-electron chi connectivity index (χ2n) is 3.16. The van der Waals surface area contributed by atoms with Crippen LogP contribution in [0.4, 0.5) is 0 Å². The van der Waals surface area contributed by atoms with Crippen LogP contribution in [0, 0.1) is 0 Å². The molecule has 0 aliphatic heterocycles. The average Bonchev–Trinajstić information content (AvgIpc) is 2.26. The van der Waals surface area contributed by atoms with Crippen LogP contribution in [0.5, 0.6) is 5.75 Å². The molecule has 6 heteroatoms. The summed E-state index contributed by atoms with van der Waals surface area (Å²) in [5.74, 6) is 0.411. The van der Waals surface area contributed by atoms with Crippen LogP contribution in [0.3, 0.4) is 0 Å². The summed E-state index contributed by atoms with van der Waals surface area (Å²) >= 11 is 8.99. The number of ether oxygens (including phenoxy) is 1. The lowest BCUT2D eigenvalue weighted by Gasteiger charge is -2.09. The van der Waals surface area contributed by atoms with Gasteiger partial charge in [0.2, 0.25) is 0 Å². The van der Waals surface area contributed by atoms with E-state index in [9.17, 15) is 8.42 Å². The van der Waals surface area contributed by atoms with Gasteiger partial charge in [0.25, 0.3) is 0 Å². The Bertz CT molecular complexity index is 459. The minimum atomic E-state index is -3.33. The van der Waals surface area contributed by atoms with Gasteiger partial charge < -0.3 is 4.74 Å². The molecule has 0 fully saturated rings. The molecular weight excluding hydrogens is 316 g/mol. The van der Waals surface area contributed by atoms with Crippen LogP contribution in [0.1, 0.15) is 6.42 Å². The molecule has 1 rings (SSSR count). The van der Waals surface area contributed by atoms with Crippen LogP contribution in [0.25, 0.3) is 0 Å². The summed E-state index contributed by atoms with van der Waals surface area (Å²) in [4.78, 5) is 0.156.